The summed E-state index contributed by atoms with van der Waals surface area (Å²) in [7, 11) is 0. The number of aromatic nitrogens is 7. The summed E-state index contributed by atoms with van der Waals surface area (Å²) in [5.41, 5.74) is 18.1. The van der Waals surface area contributed by atoms with E-state index in [4.69, 9.17) is 15.0 Å². The highest BCUT2D eigenvalue weighted by atomic mass is 15.1. The molecule has 82 heavy (non-hydrogen) atoms. The SMILES string of the molecule is c1ccc(-c2nc(-c3ccccc3)nc(-c3cc(-c4cccc5c6ccccc6n(-c6ccccc6)c45)ccc3-n3c4ccc(-n5c6ccccc6c6ccccc65)cc4c4cc(-n5c6ccccc6c6ccccc65)ccc43)n2)cc1. The normalized spacial score (nSPS) is 11.9. The number of rotatable bonds is 8. The zero-order valence-electron chi connectivity index (χ0n) is 44.3. The quantitative estimate of drug-likeness (QED) is 0.152. The summed E-state index contributed by atoms with van der Waals surface area (Å²) in [5, 5.41) is 9.51. The van der Waals surface area contributed by atoms with Crippen molar-refractivity contribution >= 4 is 87.2 Å². The minimum absolute atomic E-state index is 0.569. The fraction of sp³-hybridized carbons (Fsp3) is 0. The molecule has 382 valence electrons. The van der Waals surface area contributed by atoms with Crippen LogP contribution in [-0.2, 0) is 0 Å². The number of nitrogens with zero attached hydrogens (tertiary/aromatic N) is 7. The highest BCUT2D eigenvalue weighted by Gasteiger charge is 2.25. The summed E-state index contributed by atoms with van der Waals surface area (Å²) < 4.78 is 9.68. The summed E-state index contributed by atoms with van der Waals surface area (Å²) in [6.45, 7) is 0. The zero-order chi connectivity index (χ0) is 53.8. The molecule has 5 aromatic heterocycles. The standard InChI is InChI=1S/C75H47N7/c1-4-21-48(22-5-1)73-76-74(49-23-6-2-7-24-49)78-75(77-73)63-45-50(54-32-20-33-60-59-31-14-19-38-68(59)81(72(54)60)51-25-8-3-9-26-51)39-42-71(63)82-69-43-40-52(79-64-34-15-10-27-55(64)56-28-11-16-35-65(56)79)46-61(69)62-47-53(41-44-70(62)82)80-66-36-17-12-29-57(66)58-30-13-18-37-67(58)80/h1-47H. The van der Waals surface area contributed by atoms with Gasteiger partial charge in [-0.3, -0.25) is 0 Å². The molecule has 0 unspecified atom stereocenters. The first-order valence-electron chi connectivity index (χ1n) is 27.9. The third kappa shape index (κ3) is 7.00. The van der Waals surface area contributed by atoms with Gasteiger partial charge in [0.1, 0.15) is 0 Å². The first-order chi connectivity index (χ1) is 40.7. The lowest BCUT2D eigenvalue weighted by molar-refractivity contribution is 1.06. The molecule has 7 nitrogen and oxygen atoms in total. The Morgan fingerprint density at radius 3 is 1.09 bits per heavy atom. The average Bonchev–Trinajstić information content (AvgIpc) is 2.92. The Kier molecular flexibility index (Phi) is 10.2. The highest BCUT2D eigenvalue weighted by molar-refractivity contribution is 6.16. The molecule has 0 fully saturated rings. The van der Waals surface area contributed by atoms with Gasteiger partial charge in [0.15, 0.2) is 17.5 Å². The van der Waals surface area contributed by atoms with Gasteiger partial charge in [0.25, 0.3) is 0 Å². The number of hydrogen-bond donors (Lipinski definition) is 0. The van der Waals surface area contributed by atoms with E-state index in [2.05, 4.69) is 267 Å². The third-order valence-electron chi connectivity index (χ3n) is 16.6. The van der Waals surface area contributed by atoms with Gasteiger partial charge in [0.2, 0.25) is 0 Å². The molecule has 0 aliphatic rings. The topological polar surface area (TPSA) is 58.4 Å². The van der Waals surface area contributed by atoms with Crippen molar-refractivity contribution in [3.63, 3.8) is 0 Å². The summed E-state index contributed by atoms with van der Waals surface area (Å²) >= 11 is 0. The van der Waals surface area contributed by atoms with Crippen molar-refractivity contribution in [1.82, 2.24) is 33.2 Å². The van der Waals surface area contributed by atoms with Crippen LogP contribution in [0, 0.1) is 0 Å². The second kappa shape index (κ2) is 18.2. The average molecular weight is 1050 g/mol. The molecule has 0 N–H and O–H groups in total. The molecule has 12 aromatic carbocycles. The maximum atomic E-state index is 5.49. The van der Waals surface area contributed by atoms with Crippen molar-refractivity contribution in [2.75, 3.05) is 0 Å². The molecular formula is C75H47N7. The van der Waals surface area contributed by atoms with E-state index in [0.29, 0.717) is 17.5 Å². The molecule has 0 aliphatic carbocycles. The lowest BCUT2D eigenvalue weighted by Gasteiger charge is -2.17. The third-order valence-corrected chi connectivity index (χ3v) is 16.6. The van der Waals surface area contributed by atoms with Crippen LogP contribution < -0.4 is 0 Å². The summed E-state index contributed by atoms with van der Waals surface area (Å²) in [5.74, 6) is 1.76. The van der Waals surface area contributed by atoms with Crippen molar-refractivity contribution in [2.24, 2.45) is 0 Å². The van der Waals surface area contributed by atoms with E-state index < -0.39 is 0 Å². The van der Waals surface area contributed by atoms with Gasteiger partial charge in [-0.15, -0.1) is 0 Å². The first kappa shape index (κ1) is 45.8. The van der Waals surface area contributed by atoms with Gasteiger partial charge < -0.3 is 18.3 Å². The number of fused-ring (bicyclic) bond motifs is 12. The van der Waals surface area contributed by atoms with Crippen LogP contribution in [0.4, 0.5) is 0 Å². The van der Waals surface area contributed by atoms with Gasteiger partial charge in [0, 0.05) is 82.4 Å². The van der Waals surface area contributed by atoms with Crippen LogP contribution in [0.2, 0.25) is 0 Å². The van der Waals surface area contributed by atoms with E-state index in [0.717, 1.165) is 105 Å². The molecule has 0 atom stereocenters. The predicted octanol–water partition coefficient (Wildman–Crippen LogP) is 18.9. The van der Waals surface area contributed by atoms with Crippen molar-refractivity contribution in [1.29, 1.82) is 0 Å². The van der Waals surface area contributed by atoms with Crippen molar-refractivity contribution in [3.05, 3.63) is 285 Å². The molecule has 5 heterocycles. The minimum atomic E-state index is 0.569. The summed E-state index contributed by atoms with van der Waals surface area (Å²) in [6, 6.07) is 102. The Morgan fingerprint density at radius 1 is 0.207 bits per heavy atom. The first-order valence-corrected chi connectivity index (χ1v) is 27.9. The number of para-hydroxylation sites is 7. The van der Waals surface area contributed by atoms with E-state index >= 15 is 0 Å². The molecule has 7 heteroatoms. The molecule has 0 bridgehead atoms. The molecule has 0 amide bonds. The zero-order valence-corrected chi connectivity index (χ0v) is 44.3. The fourth-order valence-electron chi connectivity index (χ4n) is 13.0. The Labute approximate surface area is 471 Å². The Hall–Kier alpha value is -11.2. The maximum absolute atomic E-state index is 5.49. The molecule has 0 saturated heterocycles. The van der Waals surface area contributed by atoms with Gasteiger partial charge in [-0.25, -0.2) is 15.0 Å². The Balaban J connectivity index is 0.981. The molecule has 17 rings (SSSR count). The second-order valence-corrected chi connectivity index (χ2v) is 21.1. The van der Waals surface area contributed by atoms with Crippen molar-refractivity contribution < 1.29 is 0 Å². The molecule has 0 aliphatic heterocycles. The van der Waals surface area contributed by atoms with Crippen molar-refractivity contribution in [2.45, 2.75) is 0 Å². The molecule has 0 spiro atoms. The lowest BCUT2D eigenvalue weighted by Crippen LogP contribution is -2.04. The van der Waals surface area contributed by atoms with Gasteiger partial charge in [-0.05, 0) is 96.6 Å². The van der Waals surface area contributed by atoms with Crippen LogP contribution in [0.25, 0.3) is 155 Å². The van der Waals surface area contributed by atoms with E-state index in [9.17, 15) is 0 Å². The number of benzene rings is 12. The maximum Gasteiger partial charge on any atom is 0.166 e. The highest BCUT2D eigenvalue weighted by Crippen LogP contribution is 2.44. The molecule has 0 radical (unpaired) electrons. The van der Waals surface area contributed by atoms with Crippen LogP contribution in [0.15, 0.2) is 285 Å². The Bertz CT molecular complexity index is 5060. The van der Waals surface area contributed by atoms with Crippen molar-refractivity contribution in [3.8, 4) is 68.0 Å². The van der Waals surface area contributed by atoms with E-state index in [1.165, 1.54) is 32.3 Å². The fourth-order valence-corrected chi connectivity index (χ4v) is 13.0. The van der Waals surface area contributed by atoms with Crippen LogP contribution in [0.1, 0.15) is 0 Å². The smallest absolute Gasteiger partial charge is 0.166 e. The Morgan fingerprint density at radius 2 is 0.598 bits per heavy atom. The summed E-state index contributed by atoms with van der Waals surface area (Å²) in [6.07, 6.45) is 0. The largest absolute Gasteiger partial charge is 0.309 e. The summed E-state index contributed by atoms with van der Waals surface area (Å²) in [4.78, 5) is 16.2. The van der Waals surface area contributed by atoms with Gasteiger partial charge in [-0.2, -0.15) is 0 Å². The number of hydrogen-bond acceptors (Lipinski definition) is 3. The molecular weight excluding hydrogens is 999 g/mol. The van der Waals surface area contributed by atoms with Gasteiger partial charge in [0.05, 0.1) is 49.8 Å². The molecule has 0 saturated carbocycles. The van der Waals surface area contributed by atoms with Crippen LogP contribution >= 0.6 is 0 Å². The van der Waals surface area contributed by atoms with E-state index in [1.807, 2.05) is 36.4 Å². The van der Waals surface area contributed by atoms with Crippen LogP contribution in [0.3, 0.4) is 0 Å². The van der Waals surface area contributed by atoms with E-state index in [1.54, 1.807) is 0 Å². The van der Waals surface area contributed by atoms with Gasteiger partial charge >= 0.3 is 0 Å². The minimum Gasteiger partial charge on any atom is -0.309 e. The lowest BCUT2D eigenvalue weighted by atomic mass is 9.98. The predicted molar refractivity (Wildman–Crippen MR) is 339 cm³/mol. The monoisotopic (exact) mass is 1050 g/mol. The van der Waals surface area contributed by atoms with Gasteiger partial charge in [-0.1, -0.05) is 194 Å². The second-order valence-electron chi connectivity index (χ2n) is 21.1. The van der Waals surface area contributed by atoms with Crippen LogP contribution in [0.5, 0.6) is 0 Å². The van der Waals surface area contributed by atoms with Crippen LogP contribution in [-0.4, -0.2) is 33.2 Å². The molecule has 17 aromatic rings. The van der Waals surface area contributed by atoms with E-state index in [-0.39, 0.29) is 0 Å².